The number of carbonyl (C=O) groups is 2. The maximum atomic E-state index is 12.3. The molecular weight excluding hydrogens is 278 g/mol. The van der Waals surface area contributed by atoms with Crippen molar-refractivity contribution in [3.8, 4) is 0 Å². The van der Waals surface area contributed by atoms with Crippen LogP contribution in [0.1, 0.15) is 5.56 Å². The Balaban J connectivity index is 1.86. The van der Waals surface area contributed by atoms with Crippen molar-refractivity contribution in [1.82, 2.24) is 4.90 Å². The number of aliphatic hydroxyl groups excluding tert-OH is 1. The summed E-state index contributed by atoms with van der Waals surface area (Å²) in [5, 5.41) is 18.7. The lowest BCUT2D eigenvalue weighted by Crippen LogP contribution is -2.57. The third-order valence-corrected chi connectivity index (χ3v) is 3.74. The quantitative estimate of drug-likeness (QED) is 0.783. The van der Waals surface area contributed by atoms with E-state index in [1.54, 1.807) is 0 Å². The van der Waals surface area contributed by atoms with Crippen LogP contribution < -0.4 is 0 Å². The van der Waals surface area contributed by atoms with Crippen LogP contribution in [0.15, 0.2) is 30.3 Å². The normalized spacial score (nSPS) is 31.5. The van der Waals surface area contributed by atoms with Crippen LogP contribution in [0.3, 0.4) is 0 Å². The summed E-state index contributed by atoms with van der Waals surface area (Å²) in [7, 11) is 0. The van der Waals surface area contributed by atoms with E-state index in [1.165, 1.54) is 4.90 Å². The molecule has 3 rings (SSSR count). The molecule has 2 aliphatic rings. The molecule has 2 bridgehead atoms. The summed E-state index contributed by atoms with van der Waals surface area (Å²) < 4.78 is 10.4. The van der Waals surface area contributed by atoms with E-state index in [0.717, 1.165) is 5.56 Å². The van der Waals surface area contributed by atoms with E-state index in [2.05, 4.69) is 0 Å². The number of carbonyl (C=O) groups excluding carboxylic acids is 1. The Bertz CT molecular complexity index is 548. The lowest BCUT2D eigenvalue weighted by atomic mass is 10.0. The van der Waals surface area contributed by atoms with Crippen LogP contribution >= 0.6 is 0 Å². The molecule has 21 heavy (non-hydrogen) atoms. The molecule has 2 N–H and O–H groups in total. The first-order chi connectivity index (χ1) is 10.1. The molecule has 7 heteroatoms. The number of benzene rings is 1. The smallest absolute Gasteiger partial charge is 0.335 e. The zero-order valence-electron chi connectivity index (χ0n) is 11.1. The maximum Gasteiger partial charge on any atom is 0.335 e. The Kier molecular flexibility index (Phi) is 3.62. The lowest BCUT2D eigenvalue weighted by molar-refractivity contribution is -0.181. The van der Waals surface area contributed by atoms with Crippen molar-refractivity contribution in [1.29, 1.82) is 0 Å². The van der Waals surface area contributed by atoms with Crippen LogP contribution in [-0.2, 0) is 25.6 Å². The van der Waals surface area contributed by atoms with Crippen LogP contribution in [-0.4, -0.2) is 58.1 Å². The van der Waals surface area contributed by atoms with Gasteiger partial charge in [0.05, 0.1) is 12.6 Å². The molecule has 1 aromatic rings. The molecule has 7 nitrogen and oxygen atoms in total. The lowest BCUT2D eigenvalue weighted by Gasteiger charge is -2.37. The Labute approximate surface area is 120 Å². The second-order valence-corrected chi connectivity index (χ2v) is 5.03. The Hall–Kier alpha value is -1.96. The van der Waals surface area contributed by atoms with Gasteiger partial charge in [-0.15, -0.1) is 0 Å². The molecule has 0 aliphatic carbocycles. The number of rotatable bonds is 4. The van der Waals surface area contributed by atoms with Crippen molar-refractivity contribution in [3.05, 3.63) is 35.9 Å². The van der Waals surface area contributed by atoms with Gasteiger partial charge in [-0.05, 0) is 5.56 Å². The molecule has 2 aliphatic heterocycles. The molecule has 0 unspecified atom stereocenters. The second-order valence-electron chi connectivity index (χ2n) is 5.03. The van der Waals surface area contributed by atoms with Gasteiger partial charge in [-0.1, -0.05) is 30.3 Å². The first kappa shape index (κ1) is 14.0. The van der Waals surface area contributed by atoms with Gasteiger partial charge >= 0.3 is 5.97 Å². The number of aliphatic hydroxyl groups is 1. The average Bonchev–Trinajstić information content (AvgIpc) is 2.88. The topological polar surface area (TPSA) is 96.3 Å². The molecule has 2 fully saturated rings. The third-order valence-electron chi connectivity index (χ3n) is 3.74. The summed E-state index contributed by atoms with van der Waals surface area (Å²) in [6.45, 7) is -0.111. The average molecular weight is 293 g/mol. The van der Waals surface area contributed by atoms with Gasteiger partial charge in [-0.25, -0.2) is 4.79 Å². The van der Waals surface area contributed by atoms with Crippen molar-refractivity contribution in [2.24, 2.45) is 0 Å². The van der Waals surface area contributed by atoms with Crippen LogP contribution in [0.4, 0.5) is 0 Å². The van der Waals surface area contributed by atoms with Crippen molar-refractivity contribution >= 4 is 11.9 Å². The predicted molar refractivity (Wildman–Crippen MR) is 69.0 cm³/mol. The molecule has 1 amide bonds. The summed E-state index contributed by atoms with van der Waals surface area (Å²) in [5.41, 5.74) is 0.887. The molecule has 2 saturated heterocycles. The fourth-order valence-corrected chi connectivity index (χ4v) is 2.72. The van der Waals surface area contributed by atoms with Gasteiger partial charge in [0, 0.05) is 6.54 Å². The zero-order valence-corrected chi connectivity index (χ0v) is 11.1. The number of aliphatic carboxylic acids is 1. The molecular formula is C14H15NO6. The molecule has 0 spiro atoms. The summed E-state index contributed by atoms with van der Waals surface area (Å²) >= 11 is 0. The molecule has 0 radical (unpaired) electrons. The number of nitrogens with zero attached hydrogens (tertiary/aromatic N) is 1. The third kappa shape index (κ3) is 2.39. The van der Waals surface area contributed by atoms with Crippen LogP contribution in [0.25, 0.3) is 0 Å². The van der Waals surface area contributed by atoms with E-state index in [4.69, 9.17) is 14.6 Å². The number of carboxylic acid groups (broad SMARTS) is 1. The SMILES string of the molecule is O=C(O)[C@@H]1O[C@H]2O[C@H]1[C@H](CO)N(Cc1ccccc1)C2=O. The fraction of sp³-hybridized carbons (Fsp3) is 0.429. The Morgan fingerprint density at radius 3 is 2.57 bits per heavy atom. The number of carboxylic acids is 1. The molecule has 0 saturated carbocycles. The summed E-state index contributed by atoms with van der Waals surface area (Å²) in [5.74, 6) is -1.66. The van der Waals surface area contributed by atoms with Gasteiger partial charge in [-0.3, -0.25) is 4.79 Å². The number of morpholine rings is 1. The first-order valence-electron chi connectivity index (χ1n) is 6.61. The highest BCUT2D eigenvalue weighted by atomic mass is 16.7. The summed E-state index contributed by atoms with van der Waals surface area (Å²) in [6, 6.07) is 8.53. The van der Waals surface area contributed by atoms with Gasteiger partial charge in [0.1, 0.15) is 6.10 Å². The van der Waals surface area contributed by atoms with Crippen LogP contribution in [0.5, 0.6) is 0 Å². The minimum Gasteiger partial charge on any atom is -0.479 e. The van der Waals surface area contributed by atoms with Gasteiger partial charge < -0.3 is 24.6 Å². The van der Waals surface area contributed by atoms with Crippen LogP contribution in [0, 0.1) is 0 Å². The number of hydrogen-bond acceptors (Lipinski definition) is 5. The maximum absolute atomic E-state index is 12.3. The highest BCUT2D eigenvalue weighted by Gasteiger charge is 2.55. The van der Waals surface area contributed by atoms with E-state index >= 15 is 0 Å². The van der Waals surface area contributed by atoms with Crippen LogP contribution in [0.2, 0.25) is 0 Å². The monoisotopic (exact) mass is 293 g/mol. The number of fused-ring (bicyclic) bond motifs is 2. The Morgan fingerprint density at radius 2 is 1.95 bits per heavy atom. The van der Waals surface area contributed by atoms with Gasteiger partial charge in [0.2, 0.25) is 6.29 Å². The standard InChI is InChI=1S/C14H15NO6/c16-7-9-10-11(13(18)19)21-14(20-10)12(17)15(9)6-8-4-2-1-3-5-8/h1-5,9-11,14,16H,6-7H2,(H,18,19)/t9-,10-,11+,14+/m0/s1. The summed E-state index contributed by atoms with van der Waals surface area (Å²) in [6.07, 6.45) is -3.31. The predicted octanol–water partition coefficient (Wildman–Crippen LogP) is -0.416. The number of ether oxygens (including phenoxy) is 2. The summed E-state index contributed by atoms with van der Waals surface area (Å²) in [4.78, 5) is 24.9. The van der Waals surface area contributed by atoms with Crippen molar-refractivity contribution in [2.45, 2.75) is 31.1 Å². The largest absolute Gasteiger partial charge is 0.479 e. The zero-order chi connectivity index (χ0) is 15.0. The van der Waals surface area contributed by atoms with Gasteiger partial charge in [0.15, 0.2) is 6.10 Å². The van der Waals surface area contributed by atoms with E-state index < -0.39 is 36.4 Å². The van der Waals surface area contributed by atoms with Crippen molar-refractivity contribution in [2.75, 3.05) is 6.61 Å². The van der Waals surface area contributed by atoms with E-state index in [9.17, 15) is 14.7 Å². The number of hydrogen-bond donors (Lipinski definition) is 2. The van der Waals surface area contributed by atoms with E-state index in [1.807, 2.05) is 30.3 Å². The van der Waals surface area contributed by atoms with Gasteiger partial charge in [0.25, 0.3) is 5.91 Å². The molecule has 2 heterocycles. The minimum absolute atomic E-state index is 0.275. The molecule has 4 atom stereocenters. The molecule has 1 aromatic carbocycles. The Morgan fingerprint density at radius 1 is 1.24 bits per heavy atom. The number of amides is 1. The fourth-order valence-electron chi connectivity index (χ4n) is 2.72. The molecule has 112 valence electrons. The van der Waals surface area contributed by atoms with Crippen molar-refractivity contribution in [3.63, 3.8) is 0 Å². The van der Waals surface area contributed by atoms with Crippen molar-refractivity contribution < 1.29 is 29.3 Å². The van der Waals surface area contributed by atoms with Gasteiger partial charge in [-0.2, -0.15) is 0 Å². The molecule has 0 aromatic heterocycles. The highest BCUT2D eigenvalue weighted by Crippen LogP contribution is 2.32. The minimum atomic E-state index is -1.24. The highest BCUT2D eigenvalue weighted by molar-refractivity contribution is 5.83. The first-order valence-corrected chi connectivity index (χ1v) is 6.61. The second kappa shape index (κ2) is 5.44. The van der Waals surface area contributed by atoms with E-state index in [-0.39, 0.29) is 13.2 Å². The van der Waals surface area contributed by atoms with E-state index in [0.29, 0.717) is 0 Å².